The molecule has 0 aromatic heterocycles. The summed E-state index contributed by atoms with van der Waals surface area (Å²) in [4.78, 5) is 48.1. The average molecular weight is 461 g/mol. The van der Waals surface area contributed by atoms with Crippen LogP contribution in [0.15, 0.2) is 42.5 Å². The van der Waals surface area contributed by atoms with E-state index < -0.39 is 29.7 Å². The number of hydrogen-bond acceptors (Lipinski definition) is 5. The third kappa shape index (κ3) is 7.92. The summed E-state index contributed by atoms with van der Waals surface area (Å²) in [7, 11) is 0. The Morgan fingerprint density at radius 1 is 1.03 bits per heavy atom. The molecule has 0 fully saturated rings. The molecular weight excluding hydrogens is 436 g/mol. The van der Waals surface area contributed by atoms with E-state index in [1.54, 1.807) is 6.07 Å². The number of rotatable bonds is 9. The maximum Gasteiger partial charge on any atom is 0.276 e. The van der Waals surface area contributed by atoms with Crippen LogP contribution in [0.4, 0.5) is 0 Å². The molecule has 9 nitrogen and oxygen atoms in total. The highest BCUT2D eigenvalue weighted by Gasteiger charge is 2.22. The van der Waals surface area contributed by atoms with Crippen molar-refractivity contribution < 1.29 is 23.9 Å². The first-order valence-corrected chi connectivity index (χ1v) is 10.2. The predicted octanol–water partition coefficient (Wildman–Crippen LogP) is 1.55. The van der Waals surface area contributed by atoms with Gasteiger partial charge in [0.25, 0.3) is 17.7 Å². The summed E-state index contributed by atoms with van der Waals surface area (Å²) in [6.45, 7) is 3.42. The van der Waals surface area contributed by atoms with Crippen molar-refractivity contribution in [3.05, 3.63) is 64.2 Å². The Labute approximate surface area is 190 Å². The fraction of sp³-hybridized carbons (Fsp3) is 0.273. The van der Waals surface area contributed by atoms with Crippen molar-refractivity contribution in [2.24, 2.45) is 5.73 Å². The van der Waals surface area contributed by atoms with Crippen molar-refractivity contribution in [2.75, 3.05) is 6.61 Å². The number of benzene rings is 2. The van der Waals surface area contributed by atoms with Crippen molar-refractivity contribution in [3.63, 3.8) is 0 Å². The fourth-order valence-corrected chi connectivity index (χ4v) is 2.78. The Morgan fingerprint density at radius 3 is 2.38 bits per heavy atom. The van der Waals surface area contributed by atoms with Gasteiger partial charge in [0.2, 0.25) is 5.91 Å². The number of hydrogen-bond donors (Lipinski definition) is 4. The summed E-state index contributed by atoms with van der Waals surface area (Å²) in [5.41, 5.74) is 11.7. The van der Waals surface area contributed by atoms with Gasteiger partial charge in [-0.25, -0.2) is 0 Å². The Balaban J connectivity index is 1.92. The molecule has 2 aromatic carbocycles. The SMILES string of the molecule is Cc1ccc(C)c(OCC(=O)NNC(=O)[C@H](CCC(N)=O)NC(=O)c2ccc(Cl)cc2)c1. The maximum atomic E-state index is 12.5. The number of primary amides is 1. The third-order valence-corrected chi connectivity index (χ3v) is 4.69. The summed E-state index contributed by atoms with van der Waals surface area (Å²) in [5.74, 6) is -1.93. The lowest BCUT2D eigenvalue weighted by molar-refractivity contribution is -0.131. The first kappa shape index (κ1) is 24.7. The number of carbonyl (C=O) groups excluding carboxylic acids is 4. The second-order valence-electron chi connectivity index (χ2n) is 7.13. The number of carbonyl (C=O) groups is 4. The molecule has 0 saturated carbocycles. The second-order valence-corrected chi connectivity index (χ2v) is 7.57. The Kier molecular flexibility index (Phi) is 9.03. The number of halogens is 1. The van der Waals surface area contributed by atoms with Gasteiger partial charge in [-0.3, -0.25) is 30.0 Å². The van der Waals surface area contributed by atoms with Gasteiger partial charge < -0.3 is 15.8 Å². The standard InChI is InChI=1S/C22H25ClN4O5/c1-13-3-4-14(2)18(11-13)32-12-20(29)26-27-22(31)17(9-10-19(24)28)25-21(30)15-5-7-16(23)8-6-15/h3-8,11,17H,9-10,12H2,1-2H3,(H2,24,28)(H,25,30)(H,26,29)(H,27,31)/t17-/m0/s1. The molecule has 0 aliphatic heterocycles. The van der Waals surface area contributed by atoms with E-state index in [1.807, 2.05) is 26.0 Å². The molecular formula is C22H25ClN4O5. The fourth-order valence-electron chi connectivity index (χ4n) is 2.66. The quantitative estimate of drug-likeness (QED) is 0.420. The van der Waals surface area contributed by atoms with Gasteiger partial charge in [-0.1, -0.05) is 23.7 Å². The largest absolute Gasteiger partial charge is 0.483 e. The molecule has 2 rings (SSSR count). The minimum Gasteiger partial charge on any atom is -0.483 e. The van der Waals surface area contributed by atoms with E-state index in [2.05, 4.69) is 16.2 Å². The lowest BCUT2D eigenvalue weighted by Gasteiger charge is -2.18. The van der Waals surface area contributed by atoms with Gasteiger partial charge in [0.15, 0.2) is 6.61 Å². The summed E-state index contributed by atoms with van der Waals surface area (Å²) < 4.78 is 5.48. The molecule has 0 aliphatic rings. The summed E-state index contributed by atoms with van der Waals surface area (Å²) in [5, 5.41) is 2.97. The van der Waals surface area contributed by atoms with Crippen LogP contribution in [0.1, 0.15) is 34.3 Å². The van der Waals surface area contributed by atoms with E-state index in [0.717, 1.165) is 11.1 Å². The highest BCUT2D eigenvalue weighted by molar-refractivity contribution is 6.30. The number of ether oxygens (including phenoxy) is 1. The van der Waals surface area contributed by atoms with Crippen LogP contribution in [-0.2, 0) is 14.4 Å². The number of aryl methyl sites for hydroxylation is 2. The van der Waals surface area contributed by atoms with Gasteiger partial charge in [-0.15, -0.1) is 0 Å². The van der Waals surface area contributed by atoms with Crippen LogP contribution in [0.3, 0.4) is 0 Å². The highest BCUT2D eigenvalue weighted by atomic mass is 35.5. The summed E-state index contributed by atoms with van der Waals surface area (Å²) >= 11 is 5.81. The van der Waals surface area contributed by atoms with Crippen molar-refractivity contribution in [3.8, 4) is 5.75 Å². The van der Waals surface area contributed by atoms with Crippen LogP contribution in [-0.4, -0.2) is 36.3 Å². The van der Waals surface area contributed by atoms with Crippen LogP contribution in [0.25, 0.3) is 0 Å². The van der Waals surface area contributed by atoms with E-state index in [1.165, 1.54) is 24.3 Å². The summed E-state index contributed by atoms with van der Waals surface area (Å²) in [6, 6.07) is 10.5. The zero-order chi connectivity index (χ0) is 23.7. The van der Waals surface area contributed by atoms with Crippen LogP contribution in [0.2, 0.25) is 5.02 Å². The second kappa shape index (κ2) is 11.7. The van der Waals surface area contributed by atoms with Gasteiger partial charge in [-0.05, 0) is 61.7 Å². The molecule has 0 aliphatic carbocycles. The van der Waals surface area contributed by atoms with Crippen molar-refractivity contribution in [1.82, 2.24) is 16.2 Å². The van der Waals surface area contributed by atoms with E-state index >= 15 is 0 Å². The molecule has 0 saturated heterocycles. The smallest absolute Gasteiger partial charge is 0.276 e. The molecule has 0 radical (unpaired) electrons. The molecule has 1 atom stereocenters. The number of nitrogens with one attached hydrogen (secondary N) is 3. The van der Waals surface area contributed by atoms with Gasteiger partial charge >= 0.3 is 0 Å². The lowest BCUT2D eigenvalue weighted by Crippen LogP contribution is -2.53. The van der Waals surface area contributed by atoms with Gasteiger partial charge in [0.1, 0.15) is 11.8 Å². The predicted molar refractivity (Wildman–Crippen MR) is 119 cm³/mol. The van der Waals surface area contributed by atoms with Crippen LogP contribution in [0.5, 0.6) is 5.75 Å². The van der Waals surface area contributed by atoms with E-state index in [0.29, 0.717) is 10.8 Å². The Bertz CT molecular complexity index is 994. The van der Waals surface area contributed by atoms with Crippen LogP contribution < -0.4 is 26.6 Å². The van der Waals surface area contributed by atoms with Gasteiger partial charge in [-0.2, -0.15) is 0 Å². The zero-order valence-corrected chi connectivity index (χ0v) is 18.5. The normalized spacial score (nSPS) is 11.2. The molecule has 0 heterocycles. The average Bonchev–Trinajstić information content (AvgIpc) is 2.75. The molecule has 0 spiro atoms. The molecule has 5 N–H and O–H groups in total. The molecule has 0 unspecified atom stereocenters. The van der Waals surface area contributed by atoms with Crippen molar-refractivity contribution in [2.45, 2.75) is 32.7 Å². The topological polar surface area (TPSA) is 140 Å². The number of amides is 4. The molecule has 32 heavy (non-hydrogen) atoms. The minimum absolute atomic E-state index is 0.0463. The van der Waals surface area contributed by atoms with E-state index in [-0.39, 0.29) is 25.0 Å². The molecule has 4 amide bonds. The van der Waals surface area contributed by atoms with Crippen molar-refractivity contribution >= 4 is 35.2 Å². The van der Waals surface area contributed by atoms with Crippen molar-refractivity contribution in [1.29, 1.82) is 0 Å². The molecule has 10 heteroatoms. The van der Waals surface area contributed by atoms with E-state index in [4.69, 9.17) is 22.1 Å². The van der Waals surface area contributed by atoms with Crippen LogP contribution >= 0.6 is 11.6 Å². The Morgan fingerprint density at radius 2 is 1.72 bits per heavy atom. The molecule has 2 aromatic rings. The lowest BCUT2D eigenvalue weighted by atomic mass is 10.1. The van der Waals surface area contributed by atoms with Gasteiger partial charge in [0.05, 0.1) is 0 Å². The minimum atomic E-state index is -1.11. The number of hydrazine groups is 1. The Hall–Kier alpha value is -3.59. The molecule has 170 valence electrons. The van der Waals surface area contributed by atoms with Crippen LogP contribution in [0, 0.1) is 13.8 Å². The molecule has 0 bridgehead atoms. The third-order valence-electron chi connectivity index (χ3n) is 4.44. The maximum absolute atomic E-state index is 12.5. The first-order chi connectivity index (χ1) is 15.2. The summed E-state index contributed by atoms with van der Waals surface area (Å²) in [6.07, 6.45) is -0.183. The number of nitrogens with two attached hydrogens (primary N) is 1. The van der Waals surface area contributed by atoms with E-state index in [9.17, 15) is 19.2 Å². The highest BCUT2D eigenvalue weighted by Crippen LogP contribution is 2.18. The monoisotopic (exact) mass is 460 g/mol. The zero-order valence-electron chi connectivity index (χ0n) is 17.7. The first-order valence-electron chi connectivity index (χ1n) is 9.79. The van der Waals surface area contributed by atoms with Gasteiger partial charge in [0, 0.05) is 17.0 Å².